The monoisotopic (exact) mass is 424 g/mol. The summed E-state index contributed by atoms with van der Waals surface area (Å²) in [5, 5.41) is 9.88. The van der Waals surface area contributed by atoms with Gasteiger partial charge >= 0.3 is 0 Å². The first kappa shape index (κ1) is 18.9. The van der Waals surface area contributed by atoms with E-state index in [0.717, 1.165) is 29.8 Å². The lowest BCUT2D eigenvalue weighted by atomic mass is 10.0. The van der Waals surface area contributed by atoms with Gasteiger partial charge in [-0.05, 0) is 56.5 Å². The molecule has 1 atom stereocenters. The zero-order valence-corrected chi connectivity index (χ0v) is 18.4. The normalized spacial score (nSPS) is 17.9. The largest absolute Gasteiger partial charge is 0.419 e. The van der Waals surface area contributed by atoms with Crippen LogP contribution in [-0.4, -0.2) is 26.6 Å². The highest BCUT2D eigenvalue weighted by Crippen LogP contribution is 2.37. The quantitative estimate of drug-likeness (QED) is 0.393. The molecule has 5 nitrogen and oxygen atoms in total. The Morgan fingerprint density at radius 3 is 2.90 bits per heavy atom. The molecule has 150 valence electrons. The standard InChI is InChI=1S/C22H24N4OS2/c1-3-17-14(2)12-19(28-17)21-25-24-20(27-21)13-26-11-7-6-9-16(26)22-23-15-8-4-5-10-18(15)29-22/h4-5,8,10,12,16H,3,6-7,9,11,13H2,1-2H3. The zero-order valence-electron chi connectivity index (χ0n) is 16.7. The van der Waals surface area contributed by atoms with Crippen LogP contribution < -0.4 is 0 Å². The fraction of sp³-hybridized carbons (Fsp3) is 0.409. The topological polar surface area (TPSA) is 55.1 Å². The van der Waals surface area contributed by atoms with Crippen LogP contribution >= 0.6 is 22.7 Å². The van der Waals surface area contributed by atoms with Gasteiger partial charge in [-0.2, -0.15) is 0 Å². The third-order valence-corrected chi connectivity index (χ3v) is 8.07. The zero-order chi connectivity index (χ0) is 19.8. The van der Waals surface area contributed by atoms with Gasteiger partial charge in [0.15, 0.2) is 0 Å². The van der Waals surface area contributed by atoms with Gasteiger partial charge in [0.1, 0.15) is 5.01 Å². The molecule has 4 heterocycles. The number of thiazole rings is 1. The molecule has 1 aliphatic heterocycles. The molecular formula is C22H24N4OS2. The Morgan fingerprint density at radius 2 is 2.07 bits per heavy atom. The lowest BCUT2D eigenvalue weighted by Gasteiger charge is -2.33. The first-order valence-corrected chi connectivity index (χ1v) is 11.9. The van der Waals surface area contributed by atoms with Crippen LogP contribution in [0.5, 0.6) is 0 Å². The minimum Gasteiger partial charge on any atom is -0.419 e. The summed E-state index contributed by atoms with van der Waals surface area (Å²) < 4.78 is 7.32. The molecule has 29 heavy (non-hydrogen) atoms. The molecule has 3 aromatic heterocycles. The fourth-order valence-corrected chi connectivity index (χ4v) is 6.23. The first-order chi connectivity index (χ1) is 14.2. The van der Waals surface area contributed by atoms with Gasteiger partial charge < -0.3 is 4.42 Å². The van der Waals surface area contributed by atoms with Crippen LogP contribution in [0, 0.1) is 6.92 Å². The van der Waals surface area contributed by atoms with Gasteiger partial charge in [0, 0.05) is 4.88 Å². The highest BCUT2D eigenvalue weighted by atomic mass is 32.1. The molecule has 0 saturated carbocycles. The molecule has 5 rings (SSSR count). The fourth-order valence-electron chi connectivity index (χ4n) is 4.06. The molecule has 1 saturated heterocycles. The van der Waals surface area contributed by atoms with Crippen molar-refractivity contribution in [3.05, 3.63) is 51.7 Å². The van der Waals surface area contributed by atoms with Crippen molar-refractivity contribution in [2.24, 2.45) is 0 Å². The van der Waals surface area contributed by atoms with E-state index in [1.807, 2.05) is 11.3 Å². The van der Waals surface area contributed by atoms with E-state index in [-0.39, 0.29) is 0 Å². The molecule has 7 heteroatoms. The summed E-state index contributed by atoms with van der Waals surface area (Å²) >= 11 is 3.56. The molecule has 0 radical (unpaired) electrons. The molecule has 1 unspecified atom stereocenters. The Labute approximate surface area is 178 Å². The molecule has 1 fully saturated rings. The SMILES string of the molecule is CCc1sc(-c2nnc(CN3CCCCC3c3nc4ccccc4s3)o2)cc1C. The number of fused-ring (bicyclic) bond motifs is 1. The number of thiophene rings is 1. The Morgan fingerprint density at radius 1 is 1.17 bits per heavy atom. The van der Waals surface area contributed by atoms with Crippen LogP contribution in [0.3, 0.4) is 0 Å². The van der Waals surface area contributed by atoms with Crippen molar-refractivity contribution >= 4 is 32.9 Å². The number of para-hydroxylation sites is 1. The molecule has 0 N–H and O–H groups in total. The number of piperidine rings is 1. The van der Waals surface area contributed by atoms with Crippen molar-refractivity contribution < 1.29 is 4.42 Å². The van der Waals surface area contributed by atoms with Crippen LogP contribution in [0.4, 0.5) is 0 Å². The molecule has 0 spiro atoms. The number of aromatic nitrogens is 3. The molecule has 1 aromatic carbocycles. The summed E-state index contributed by atoms with van der Waals surface area (Å²) in [6.45, 7) is 6.04. The Hall–Kier alpha value is -2.09. The van der Waals surface area contributed by atoms with E-state index in [1.165, 1.54) is 33.0 Å². The maximum atomic E-state index is 6.06. The van der Waals surface area contributed by atoms with Crippen molar-refractivity contribution in [1.82, 2.24) is 20.1 Å². The molecule has 0 amide bonds. The second-order valence-corrected chi connectivity index (χ2v) is 9.77. The van der Waals surface area contributed by atoms with Gasteiger partial charge in [0.05, 0.1) is 27.7 Å². The number of hydrogen-bond acceptors (Lipinski definition) is 7. The predicted octanol–water partition coefficient (Wildman–Crippen LogP) is 6.01. The summed E-state index contributed by atoms with van der Waals surface area (Å²) in [6.07, 6.45) is 4.60. The smallest absolute Gasteiger partial charge is 0.257 e. The summed E-state index contributed by atoms with van der Waals surface area (Å²) in [5.74, 6) is 1.33. The van der Waals surface area contributed by atoms with Crippen molar-refractivity contribution in [2.45, 2.75) is 52.1 Å². The van der Waals surface area contributed by atoms with Gasteiger partial charge in [-0.1, -0.05) is 25.5 Å². The second kappa shape index (κ2) is 7.97. The summed E-state index contributed by atoms with van der Waals surface area (Å²) in [6, 6.07) is 10.9. The third kappa shape index (κ3) is 3.74. The van der Waals surface area contributed by atoms with E-state index >= 15 is 0 Å². The lowest BCUT2D eigenvalue weighted by Crippen LogP contribution is -2.33. The number of hydrogen-bond donors (Lipinski definition) is 0. The van der Waals surface area contributed by atoms with E-state index < -0.39 is 0 Å². The maximum absolute atomic E-state index is 6.06. The maximum Gasteiger partial charge on any atom is 0.257 e. The highest BCUT2D eigenvalue weighted by Gasteiger charge is 2.28. The predicted molar refractivity (Wildman–Crippen MR) is 118 cm³/mol. The van der Waals surface area contributed by atoms with Crippen LogP contribution in [0.1, 0.15) is 53.6 Å². The van der Waals surface area contributed by atoms with Crippen LogP contribution in [0.25, 0.3) is 21.0 Å². The number of likely N-dealkylation sites (tertiary alicyclic amines) is 1. The lowest BCUT2D eigenvalue weighted by molar-refractivity contribution is 0.128. The van der Waals surface area contributed by atoms with Crippen molar-refractivity contribution in [2.75, 3.05) is 6.54 Å². The average Bonchev–Trinajstić information content (AvgIpc) is 3.46. The third-order valence-electron chi connectivity index (χ3n) is 5.57. The van der Waals surface area contributed by atoms with Crippen LogP contribution in [0.15, 0.2) is 34.7 Å². The van der Waals surface area contributed by atoms with Crippen molar-refractivity contribution in [1.29, 1.82) is 0 Å². The van der Waals surface area contributed by atoms with Gasteiger partial charge in [0.25, 0.3) is 5.89 Å². The molecular weight excluding hydrogens is 400 g/mol. The van der Waals surface area contributed by atoms with E-state index in [9.17, 15) is 0 Å². The number of aryl methyl sites for hydroxylation is 2. The Bertz CT molecular complexity index is 1100. The molecule has 1 aliphatic rings. The van der Waals surface area contributed by atoms with Gasteiger partial charge in [0.2, 0.25) is 5.89 Å². The summed E-state index contributed by atoms with van der Waals surface area (Å²) in [7, 11) is 0. The molecule has 0 aliphatic carbocycles. The Balaban J connectivity index is 1.37. The summed E-state index contributed by atoms with van der Waals surface area (Å²) in [4.78, 5) is 9.82. The number of nitrogens with zero attached hydrogens (tertiary/aromatic N) is 4. The second-order valence-electron chi connectivity index (χ2n) is 7.57. The number of benzene rings is 1. The average molecular weight is 425 g/mol. The van der Waals surface area contributed by atoms with E-state index in [1.54, 1.807) is 11.3 Å². The molecule has 4 aromatic rings. The van der Waals surface area contributed by atoms with Crippen molar-refractivity contribution in [3.63, 3.8) is 0 Å². The van der Waals surface area contributed by atoms with Crippen LogP contribution in [-0.2, 0) is 13.0 Å². The number of rotatable bonds is 5. The Kier molecular flexibility index (Phi) is 5.20. The summed E-state index contributed by atoms with van der Waals surface area (Å²) in [5.41, 5.74) is 2.40. The van der Waals surface area contributed by atoms with Gasteiger partial charge in [-0.3, -0.25) is 4.90 Å². The molecule has 0 bridgehead atoms. The van der Waals surface area contributed by atoms with Gasteiger partial charge in [-0.15, -0.1) is 32.9 Å². The minimum absolute atomic E-state index is 0.326. The van der Waals surface area contributed by atoms with E-state index in [0.29, 0.717) is 24.4 Å². The van der Waals surface area contributed by atoms with E-state index in [2.05, 4.69) is 59.3 Å². The first-order valence-electron chi connectivity index (χ1n) is 10.2. The van der Waals surface area contributed by atoms with Gasteiger partial charge in [-0.25, -0.2) is 4.98 Å². The van der Waals surface area contributed by atoms with E-state index in [4.69, 9.17) is 9.40 Å². The highest BCUT2D eigenvalue weighted by molar-refractivity contribution is 7.18. The minimum atomic E-state index is 0.326. The van der Waals surface area contributed by atoms with Crippen LogP contribution in [0.2, 0.25) is 0 Å². The van der Waals surface area contributed by atoms with Crippen molar-refractivity contribution in [3.8, 4) is 10.8 Å².